The molecule has 1 saturated heterocycles. The van der Waals surface area contributed by atoms with Gasteiger partial charge < -0.3 is 4.74 Å². The summed E-state index contributed by atoms with van der Waals surface area (Å²) >= 11 is 5.11. The topological polar surface area (TPSA) is 29.5 Å². The summed E-state index contributed by atoms with van der Waals surface area (Å²) in [5, 5.41) is -0.00325. The van der Waals surface area contributed by atoms with Crippen LogP contribution in [0.2, 0.25) is 0 Å². The van der Waals surface area contributed by atoms with Gasteiger partial charge >= 0.3 is 0 Å². The number of carbonyl (C=O) groups excluding carboxylic acids is 1. The minimum atomic E-state index is -0.00325. The molecule has 130 valence electrons. The second kappa shape index (κ2) is 7.56. The molecule has 0 unspecified atom stereocenters. The lowest BCUT2D eigenvalue weighted by Gasteiger charge is -2.24. The molecule has 3 aromatic rings. The van der Waals surface area contributed by atoms with E-state index in [9.17, 15) is 4.79 Å². The number of amides is 1. The number of halogens is 1. The van der Waals surface area contributed by atoms with Gasteiger partial charge in [0.2, 0.25) is 5.91 Å². The number of thioether (sulfide) groups is 1. The fourth-order valence-corrected chi connectivity index (χ4v) is 4.32. The average molecular weight is 426 g/mol. The van der Waals surface area contributed by atoms with Crippen LogP contribution >= 0.6 is 27.7 Å². The Labute approximate surface area is 165 Å². The van der Waals surface area contributed by atoms with Crippen LogP contribution in [0.25, 0.3) is 0 Å². The average Bonchev–Trinajstić information content (AvgIpc) is 3.05. The predicted octanol–water partition coefficient (Wildman–Crippen LogP) is 6.02. The first-order valence-corrected chi connectivity index (χ1v) is 10.1. The van der Waals surface area contributed by atoms with Gasteiger partial charge in [0.25, 0.3) is 0 Å². The van der Waals surface area contributed by atoms with E-state index >= 15 is 0 Å². The molecule has 1 amide bonds. The maximum absolute atomic E-state index is 12.5. The van der Waals surface area contributed by atoms with Crippen LogP contribution in [-0.4, -0.2) is 11.7 Å². The van der Waals surface area contributed by atoms with E-state index in [4.69, 9.17) is 4.74 Å². The van der Waals surface area contributed by atoms with Crippen LogP contribution in [0.15, 0.2) is 83.3 Å². The van der Waals surface area contributed by atoms with Crippen molar-refractivity contribution in [3.05, 3.63) is 88.9 Å². The smallest absolute Gasteiger partial charge is 0.238 e. The summed E-state index contributed by atoms with van der Waals surface area (Å²) in [5.74, 6) is 2.16. The first kappa shape index (κ1) is 17.2. The molecule has 3 nitrogen and oxygen atoms in total. The molecule has 5 heteroatoms. The van der Waals surface area contributed by atoms with Gasteiger partial charge in [-0.05, 0) is 54.1 Å². The van der Waals surface area contributed by atoms with Gasteiger partial charge in [0.05, 0.1) is 5.75 Å². The van der Waals surface area contributed by atoms with Crippen LogP contribution in [0, 0.1) is 0 Å². The van der Waals surface area contributed by atoms with Gasteiger partial charge in [0.1, 0.15) is 16.9 Å². The molecule has 3 aromatic carbocycles. The standard InChI is InChI=1S/C21H16BrNO2S/c22-16-8-6-15(7-9-16)21-23(20(24)14-26-21)17-10-12-19(13-11-17)25-18-4-2-1-3-5-18/h1-13,21H,14H2/t21-/m0/s1. The van der Waals surface area contributed by atoms with Crippen LogP contribution in [0.1, 0.15) is 10.9 Å². The van der Waals surface area contributed by atoms with Gasteiger partial charge in [0, 0.05) is 10.2 Å². The predicted molar refractivity (Wildman–Crippen MR) is 110 cm³/mol. The van der Waals surface area contributed by atoms with E-state index in [-0.39, 0.29) is 11.3 Å². The van der Waals surface area contributed by atoms with Crippen molar-refractivity contribution in [1.82, 2.24) is 0 Å². The SMILES string of the molecule is O=C1CS[C@@H](c2ccc(Br)cc2)N1c1ccc(Oc2ccccc2)cc1. The molecular formula is C21H16BrNO2S. The Morgan fingerprint density at radius 1 is 0.885 bits per heavy atom. The maximum Gasteiger partial charge on any atom is 0.238 e. The zero-order chi connectivity index (χ0) is 17.9. The molecule has 4 rings (SSSR count). The van der Waals surface area contributed by atoms with Crippen molar-refractivity contribution in [2.75, 3.05) is 10.7 Å². The van der Waals surface area contributed by atoms with Crippen molar-refractivity contribution in [3.8, 4) is 11.5 Å². The van der Waals surface area contributed by atoms with Crippen LogP contribution in [0.5, 0.6) is 11.5 Å². The zero-order valence-corrected chi connectivity index (χ0v) is 16.2. The van der Waals surface area contributed by atoms with E-state index < -0.39 is 0 Å². The Bertz CT molecular complexity index is 898. The van der Waals surface area contributed by atoms with Crippen LogP contribution in [-0.2, 0) is 4.79 Å². The number of hydrogen-bond acceptors (Lipinski definition) is 3. The molecule has 1 atom stereocenters. The maximum atomic E-state index is 12.5. The van der Waals surface area contributed by atoms with Crippen molar-refractivity contribution in [2.24, 2.45) is 0 Å². The Morgan fingerprint density at radius 2 is 1.54 bits per heavy atom. The second-order valence-electron chi connectivity index (χ2n) is 5.89. The van der Waals surface area contributed by atoms with Gasteiger partial charge in [-0.3, -0.25) is 9.69 Å². The Kier molecular flexibility index (Phi) is 5.00. The fraction of sp³-hybridized carbons (Fsp3) is 0.0952. The highest BCUT2D eigenvalue weighted by Gasteiger charge is 2.33. The zero-order valence-electron chi connectivity index (χ0n) is 13.8. The Morgan fingerprint density at radius 3 is 2.23 bits per heavy atom. The van der Waals surface area contributed by atoms with Crippen molar-refractivity contribution in [2.45, 2.75) is 5.37 Å². The molecule has 26 heavy (non-hydrogen) atoms. The Hall–Kier alpha value is -2.24. The largest absolute Gasteiger partial charge is 0.457 e. The molecule has 0 aliphatic carbocycles. The summed E-state index contributed by atoms with van der Waals surface area (Å²) in [7, 11) is 0. The first-order chi connectivity index (χ1) is 12.7. The number of nitrogens with zero attached hydrogens (tertiary/aromatic N) is 1. The summed E-state index contributed by atoms with van der Waals surface area (Å²) in [4.78, 5) is 14.3. The highest BCUT2D eigenvalue weighted by molar-refractivity contribution is 9.10. The van der Waals surface area contributed by atoms with Gasteiger partial charge in [0.15, 0.2) is 0 Å². The van der Waals surface area contributed by atoms with E-state index in [0.717, 1.165) is 27.2 Å². The highest BCUT2D eigenvalue weighted by Crippen LogP contribution is 2.42. The molecule has 1 aliphatic rings. The van der Waals surface area contributed by atoms with Crippen LogP contribution in [0.4, 0.5) is 5.69 Å². The minimum Gasteiger partial charge on any atom is -0.457 e. The lowest BCUT2D eigenvalue weighted by Crippen LogP contribution is -2.27. The lowest BCUT2D eigenvalue weighted by molar-refractivity contribution is -0.115. The fourth-order valence-electron chi connectivity index (χ4n) is 2.88. The molecule has 0 saturated carbocycles. The van der Waals surface area contributed by atoms with Crippen molar-refractivity contribution in [3.63, 3.8) is 0 Å². The van der Waals surface area contributed by atoms with Crippen molar-refractivity contribution >= 4 is 39.3 Å². The van der Waals surface area contributed by atoms with E-state index in [2.05, 4.69) is 28.1 Å². The number of carbonyl (C=O) groups is 1. The number of benzene rings is 3. The number of ether oxygens (including phenoxy) is 1. The number of anilines is 1. The van der Waals surface area contributed by atoms with Crippen LogP contribution < -0.4 is 9.64 Å². The van der Waals surface area contributed by atoms with Gasteiger partial charge in [-0.25, -0.2) is 0 Å². The van der Waals surface area contributed by atoms with E-state index in [0.29, 0.717) is 5.75 Å². The lowest BCUT2D eigenvalue weighted by atomic mass is 10.2. The molecule has 0 bridgehead atoms. The molecule has 1 fully saturated rings. The number of para-hydroxylation sites is 1. The van der Waals surface area contributed by atoms with Crippen molar-refractivity contribution < 1.29 is 9.53 Å². The van der Waals surface area contributed by atoms with E-state index in [1.54, 1.807) is 11.8 Å². The van der Waals surface area contributed by atoms with E-state index in [1.165, 1.54) is 0 Å². The first-order valence-electron chi connectivity index (χ1n) is 8.23. The summed E-state index contributed by atoms with van der Waals surface area (Å²) in [6, 6.07) is 25.5. The second-order valence-corrected chi connectivity index (χ2v) is 7.87. The quantitative estimate of drug-likeness (QED) is 0.511. The van der Waals surface area contributed by atoms with Gasteiger partial charge in [-0.2, -0.15) is 0 Å². The summed E-state index contributed by atoms with van der Waals surface area (Å²) in [6.07, 6.45) is 0. The summed E-state index contributed by atoms with van der Waals surface area (Å²) in [6.45, 7) is 0. The highest BCUT2D eigenvalue weighted by atomic mass is 79.9. The molecule has 0 aromatic heterocycles. The summed E-state index contributed by atoms with van der Waals surface area (Å²) < 4.78 is 6.87. The minimum absolute atomic E-state index is 0.00325. The van der Waals surface area contributed by atoms with E-state index in [1.807, 2.05) is 71.6 Å². The third-order valence-corrected chi connectivity index (χ3v) is 5.86. The molecule has 0 spiro atoms. The summed E-state index contributed by atoms with van der Waals surface area (Å²) in [5.41, 5.74) is 2.00. The number of rotatable bonds is 4. The number of hydrogen-bond donors (Lipinski definition) is 0. The molecule has 0 radical (unpaired) electrons. The molecular weight excluding hydrogens is 410 g/mol. The molecule has 1 aliphatic heterocycles. The normalized spacial score (nSPS) is 16.7. The molecule has 1 heterocycles. The van der Waals surface area contributed by atoms with Gasteiger partial charge in [-0.15, -0.1) is 11.8 Å². The Balaban J connectivity index is 1.56. The third-order valence-electron chi connectivity index (χ3n) is 4.12. The van der Waals surface area contributed by atoms with Crippen molar-refractivity contribution in [1.29, 1.82) is 0 Å². The van der Waals surface area contributed by atoms with Gasteiger partial charge in [-0.1, -0.05) is 46.3 Å². The molecule has 0 N–H and O–H groups in total. The van der Waals surface area contributed by atoms with Crippen LogP contribution in [0.3, 0.4) is 0 Å². The third kappa shape index (κ3) is 3.64. The monoisotopic (exact) mass is 425 g/mol.